The van der Waals surface area contributed by atoms with Gasteiger partial charge in [0.15, 0.2) is 5.82 Å². The van der Waals surface area contributed by atoms with Crippen LogP contribution in [0.15, 0.2) is 28.8 Å². The Morgan fingerprint density at radius 1 is 1.35 bits per heavy atom. The highest BCUT2D eigenvalue weighted by Gasteiger charge is 2.11. The Morgan fingerprint density at radius 3 is 2.75 bits per heavy atom. The van der Waals surface area contributed by atoms with E-state index in [-0.39, 0.29) is 11.8 Å². The first-order valence-corrected chi connectivity index (χ1v) is 6.70. The first-order chi connectivity index (χ1) is 9.56. The fourth-order valence-electron chi connectivity index (χ4n) is 1.80. The standard InChI is InChI=1S/C15H19N3O2/c1-10(2)15-17-13(18-20-15)9-16-14(19)8-12-7-5-4-6-11(12)3/h4-7,10H,8-9H2,1-3H3,(H,16,19). The Kier molecular flexibility index (Phi) is 4.50. The summed E-state index contributed by atoms with van der Waals surface area (Å²) < 4.78 is 5.08. The zero-order valence-corrected chi connectivity index (χ0v) is 12.0. The van der Waals surface area contributed by atoms with E-state index >= 15 is 0 Å². The van der Waals surface area contributed by atoms with Gasteiger partial charge >= 0.3 is 0 Å². The monoisotopic (exact) mass is 273 g/mol. The minimum atomic E-state index is -0.0461. The normalized spacial score (nSPS) is 10.8. The number of nitrogens with zero attached hydrogens (tertiary/aromatic N) is 2. The van der Waals surface area contributed by atoms with E-state index < -0.39 is 0 Å². The van der Waals surface area contributed by atoms with Crippen LogP contribution in [0.3, 0.4) is 0 Å². The van der Waals surface area contributed by atoms with Crippen molar-refractivity contribution in [3.63, 3.8) is 0 Å². The largest absolute Gasteiger partial charge is 0.348 e. The molecule has 0 aliphatic rings. The van der Waals surface area contributed by atoms with E-state index in [2.05, 4.69) is 15.5 Å². The third-order valence-corrected chi connectivity index (χ3v) is 3.03. The van der Waals surface area contributed by atoms with Gasteiger partial charge in [0.05, 0.1) is 13.0 Å². The van der Waals surface area contributed by atoms with Gasteiger partial charge in [-0.3, -0.25) is 4.79 Å². The maximum atomic E-state index is 11.9. The molecule has 0 bridgehead atoms. The van der Waals surface area contributed by atoms with Gasteiger partial charge in [-0.25, -0.2) is 0 Å². The second kappa shape index (κ2) is 6.32. The van der Waals surface area contributed by atoms with Crippen LogP contribution in [0, 0.1) is 6.92 Å². The zero-order valence-electron chi connectivity index (χ0n) is 12.0. The predicted molar refractivity (Wildman–Crippen MR) is 75.1 cm³/mol. The number of carbonyl (C=O) groups is 1. The molecular weight excluding hydrogens is 254 g/mol. The SMILES string of the molecule is Cc1ccccc1CC(=O)NCc1noc(C(C)C)n1. The highest BCUT2D eigenvalue weighted by atomic mass is 16.5. The van der Waals surface area contributed by atoms with Crippen molar-refractivity contribution >= 4 is 5.91 Å². The van der Waals surface area contributed by atoms with Crippen molar-refractivity contribution in [2.24, 2.45) is 0 Å². The molecule has 1 aromatic carbocycles. The summed E-state index contributed by atoms with van der Waals surface area (Å²) >= 11 is 0. The number of hydrogen-bond donors (Lipinski definition) is 1. The molecule has 0 atom stereocenters. The summed E-state index contributed by atoms with van der Waals surface area (Å²) in [6, 6.07) is 7.85. The van der Waals surface area contributed by atoms with Gasteiger partial charge < -0.3 is 9.84 Å². The van der Waals surface area contributed by atoms with Crippen LogP contribution in [0.4, 0.5) is 0 Å². The van der Waals surface area contributed by atoms with Gasteiger partial charge in [0.1, 0.15) is 0 Å². The fourth-order valence-corrected chi connectivity index (χ4v) is 1.80. The first kappa shape index (κ1) is 14.2. The summed E-state index contributed by atoms with van der Waals surface area (Å²) in [5, 5.41) is 6.64. The zero-order chi connectivity index (χ0) is 14.5. The Bertz CT molecular complexity index is 590. The third-order valence-electron chi connectivity index (χ3n) is 3.03. The lowest BCUT2D eigenvalue weighted by molar-refractivity contribution is -0.120. The summed E-state index contributed by atoms with van der Waals surface area (Å²) in [4.78, 5) is 16.1. The molecule has 1 N–H and O–H groups in total. The van der Waals surface area contributed by atoms with Crippen molar-refractivity contribution in [1.29, 1.82) is 0 Å². The van der Waals surface area contributed by atoms with E-state index in [1.54, 1.807) is 0 Å². The van der Waals surface area contributed by atoms with Crippen LogP contribution >= 0.6 is 0 Å². The molecule has 1 heterocycles. The number of rotatable bonds is 5. The second-order valence-corrected chi connectivity index (χ2v) is 5.08. The summed E-state index contributed by atoms with van der Waals surface area (Å²) in [5.74, 6) is 1.24. The molecule has 0 saturated heterocycles. The predicted octanol–water partition coefficient (Wildman–Crippen LogP) is 2.36. The van der Waals surface area contributed by atoms with Crippen LogP contribution in [0.2, 0.25) is 0 Å². The van der Waals surface area contributed by atoms with Crippen molar-refractivity contribution in [2.45, 2.75) is 39.7 Å². The van der Waals surface area contributed by atoms with Crippen LogP contribution in [-0.4, -0.2) is 16.0 Å². The Morgan fingerprint density at radius 2 is 2.10 bits per heavy atom. The molecule has 20 heavy (non-hydrogen) atoms. The van der Waals surface area contributed by atoms with Crippen molar-refractivity contribution in [1.82, 2.24) is 15.5 Å². The molecule has 2 rings (SSSR count). The van der Waals surface area contributed by atoms with Gasteiger partial charge in [0.2, 0.25) is 11.8 Å². The van der Waals surface area contributed by atoms with Gasteiger partial charge in [-0.1, -0.05) is 43.3 Å². The highest BCUT2D eigenvalue weighted by molar-refractivity contribution is 5.78. The second-order valence-electron chi connectivity index (χ2n) is 5.08. The van der Waals surface area contributed by atoms with E-state index in [9.17, 15) is 4.79 Å². The van der Waals surface area contributed by atoms with Crippen LogP contribution < -0.4 is 5.32 Å². The average Bonchev–Trinajstić information content (AvgIpc) is 2.88. The molecule has 1 aromatic heterocycles. The van der Waals surface area contributed by atoms with Crippen molar-refractivity contribution in [3.05, 3.63) is 47.1 Å². The molecule has 0 aliphatic heterocycles. The van der Waals surface area contributed by atoms with Gasteiger partial charge in [-0.05, 0) is 18.1 Å². The molecular formula is C15H19N3O2. The van der Waals surface area contributed by atoms with Crippen molar-refractivity contribution in [2.75, 3.05) is 0 Å². The van der Waals surface area contributed by atoms with Gasteiger partial charge in [0.25, 0.3) is 0 Å². The summed E-state index contributed by atoms with van der Waals surface area (Å²) in [7, 11) is 0. The Balaban J connectivity index is 1.87. The molecule has 2 aromatic rings. The third kappa shape index (κ3) is 3.66. The van der Waals surface area contributed by atoms with Crippen LogP contribution in [0.1, 0.15) is 42.6 Å². The van der Waals surface area contributed by atoms with E-state index in [0.717, 1.165) is 11.1 Å². The van der Waals surface area contributed by atoms with Gasteiger partial charge in [0, 0.05) is 5.92 Å². The minimum Gasteiger partial charge on any atom is -0.348 e. The van der Waals surface area contributed by atoms with Crippen molar-refractivity contribution in [3.8, 4) is 0 Å². The van der Waals surface area contributed by atoms with Crippen LogP contribution in [0.5, 0.6) is 0 Å². The number of nitrogens with one attached hydrogen (secondary N) is 1. The summed E-state index contributed by atoms with van der Waals surface area (Å²) in [6.45, 7) is 6.25. The first-order valence-electron chi connectivity index (χ1n) is 6.70. The number of amides is 1. The molecule has 0 fully saturated rings. The van der Waals surface area contributed by atoms with E-state index in [1.807, 2.05) is 45.0 Å². The number of benzene rings is 1. The van der Waals surface area contributed by atoms with Crippen molar-refractivity contribution < 1.29 is 9.32 Å². The van der Waals surface area contributed by atoms with E-state index in [1.165, 1.54) is 0 Å². The molecule has 0 unspecified atom stereocenters. The molecule has 1 amide bonds. The minimum absolute atomic E-state index is 0.0461. The molecule has 5 heteroatoms. The maximum Gasteiger partial charge on any atom is 0.229 e. The van der Waals surface area contributed by atoms with Crippen LogP contribution in [-0.2, 0) is 17.8 Å². The van der Waals surface area contributed by atoms with Crippen LogP contribution in [0.25, 0.3) is 0 Å². The molecule has 106 valence electrons. The number of aromatic nitrogens is 2. The summed E-state index contributed by atoms with van der Waals surface area (Å²) in [5.41, 5.74) is 2.14. The van der Waals surface area contributed by atoms with E-state index in [0.29, 0.717) is 24.7 Å². The van der Waals surface area contributed by atoms with E-state index in [4.69, 9.17) is 4.52 Å². The Labute approximate surface area is 118 Å². The fraction of sp³-hybridized carbons (Fsp3) is 0.400. The topological polar surface area (TPSA) is 68.0 Å². The lowest BCUT2D eigenvalue weighted by Gasteiger charge is -2.05. The van der Waals surface area contributed by atoms with Gasteiger partial charge in [-0.15, -0.1) is 0 Å². The number of carbonyl (C=O) groups excluding carboxylic acids is 1. The smallest absolute Gasteiger partial charge is 0.229 e. The highest BCUT2D eigenvalue weighted by Crippen LogP contribution is 2.11. The molecule has 0 aliphatic carbocycles. The maximum absolute atomic E-state index is 11.9. The molecule has 0 spiro atoms. The number of aryl methyl sites for hydroxylation is 1. The van der Waals surface area contributed by atoms with Gasteiger partial charge in [-0.2, -0.15) is 4.98 Å². The average molecular weight is 273 g/mol. The number of hydrogen-bond acceptors (Lipinski definition) is 4. The lowest BCUT2D eigenvalue weighted by atomic mass is 10.1. The molecule has 0 radical (unpaired) electrons. The molecule has 5 nitrogen and oxygen atoms in total. The quantitative estimate of drug-likeness (QED) is 0.908. The molecule has 0 saturated carbocycles. The lowest BCUT2D eigenvalue weighted by Crippen LogP contribution is -2.25. The Hall–Kier alpha value is -2.17. The summed E-state index contributed by atoms with van der Waals surface area (Å²) in [6.07, 6.45) is 0.363.